The first-order chi connectivity index (χ1) is 11.7. The second-order valence-corrected chi connectivity index (χ2v) is 5.31. The van der Waals surface area contributed by atoms with Gasteiger partial charge in [0.1, 0.15) is 19.3 Å². The molecule has 1 aromatic carbocycles. The molecule has 1 unspecified atom stereocenters. The van der Waals surface area contributed by atoms with Crippen LogP contribution < -0.4 is 20.1 Å². The fraction of sp³-hybridized carbons (Fsp3) is 0.438. The van der Waals surface area contributed by atoms with E-state index in [1.54, 1.807) is 6.92 Å². The number of hydrogen-bond donors (Lipinski definition) is 2. The summed E-state index contributed by atoms with van der Waals surface area (Å²) >= 11 is 0. The predicted molar refractivity (Wildman–Crippen MR) is 104 cm³/mol. The lowest BCUT2D eigenvalue weighted by Crippen LogP contribution is -2.45. The molecule has 9 heteroatoms. The van der Waals surface area contributed by atoms with Crippen molar-refractivity contribution in [2.75, 3.05) is 19.7 Å². The molecule has 1 atom stereocenters. The number of aliphatic imine (C=N–C) groups is 1. The van der Waals surface area contributed by atoms with E-state index in [2.05, 4.69) is 25.8 Å². The molecule has 1 aliphatic heterocycles. The summed E-state index contributed by atoms with van der Waals surface area (Å²) in [6.45, 7) is 5.92. The maximum absolute atomic E-state index is 5.92. The second-order valence-electron chi connectivity index (χ2n) is 5.31. The Bertz CT molecular complexity index is 707. The zero-order chi connectivity index (χ0) is 16.8. The summed E-state index contributed by atoms with van der Waals surface area (Å²) in [7, 11) is 0. The maximum atomic E-state index is 5.92. The van der Waals surface area contributed by atoms with Crippen molar-refractivity contribution >= 4 is 29.9 Å². The molecule has 25 heavy (non-hydrogen) atoms. The Morgan fingerprint density at radius 1 is 1.28 bits per heavy atom. The molecule has 0 radical (unpaired) electrons. The molecule has 0 aliphatic carbocycles. The van der Waals surface area contributed by atoms with Gasteiger partial charge in [-0.1, -0.05) is 17.3 Å². The van der Waals surface area contributed by atoms with Crippen molar-refractivity contribution in [3.8, 4) is 11.5 Å². The van der Waals surface area contributed by atoms with Crippen molar-refractivity contribution < 1.29 is 14.0 Å². The van der Waals surface area contributed by atoms with Gasteiger partial charge in [-0.3, -0.25) is 0 Å². The first-order valence-electron chi connectivity index (χ1n) is 7.94. The lowest BCUT2D eigenvalue weighted by atomic mass is 10.2. The van der Waals surface area contributed by atoms with Crippen LogP contribution in [0, 0.1) is 6.92 Å². The van der Waals surface area contributed by atoms with Gasteiger partial charge in [-0.25, -0.2) is 4.99 Å². The topological polar surface area (TPSA) is 93.8 Å². The monoisotopic (exact) mass is 459 g/mol. The number of fused-ring (bicyclic) bond motifs is 1. The van der Waals surface area contributed by atoms with E-state index >= 15 is 0 Å². The molecule has 0 saturated heterocycles. The van der Waals surface area contributed by atoms with Crippen LogP contribution in [0.1, 0.15) is 18.6 Å². The Morgan fingerprint density at radius 2 is 2.08 bits per heavy atom. The molecule has 2 N–H and O–H groups in total. The Balaban J connectivity index is 0.00000225. The smallest absolute Gasteiger partial charge is 0.248 e. The van der Waals surface area contributed by atoms with Crippen molar-refractivity contribution in [1.82, 2.24) is 20.8 Å². The highest BCUT2D eigenvalue weighted by atomic mass is 127. The van der Waals surface area contributed by atoms with Crippen molar-refractivity contribution in [3.05, 3.63) is 36.0 Å². The van der Waals surface area contributed by atoms with E-state index in [1.165, 1.54) is 0 Å². The van der Waals surface area contributed by atoms with Crippen LogP contribution in [-0.4, -0.2) is 41.9 Å². The van der Waals surface area contributed by atoms with Gasteiger partial charge in [-0.05, 0) is 26.0 Å². The Hall–Kier alpha value is -2.04. The van der Waals surface area contributed by atoms with Gasteiger partial charge in [0.25, 0.3) is 0 Å². The summed E-state index contributed by atoms with van der Waals surface area (Å²) < 4.78 is 16.7. The van der Waals surface area contributed by atoms with Gasteiger partial charge in [0.05, 0.1) is 6.54 Å². The van der Waals surface area contributed by atoms with Gasteiger partial charge in [0.2, 0.25) is 5.89 Å². The van der Waals surface area contributed by atoms with Crippen LogP contribution in [0.25, 0.3) is 0 Å². The number of halogens is 1. The maximum Gasteiger partial charge on any atom is 0.248 e. The fourth-order valence-corrected chi connectivity index (χ4v) is 2.27. The number of nitrogens with one attached hydrogen (secondary N) is 2. The van der Waals surface area contributed by atoms with Gasteiger partial charge in [-0.2, -0.15) is 4.98 Å². The molecule has 0 bridgehead atoms. The number of benzene rings is 1. The normalized spacial score (nSPS) is 16.1. The van der Waals surface area contributed by atoms with Gasteiger partial charge >= 0.3 is 0 Å². The minimum atomic E-state index is -0.0885. The summed E-state index contributed by atoms with van der Waals surface area (Å²) in [5.74, 6) is 3.29. The van der Waals surface area contributed by atoms with Crippen molar-refractivity contribution in [2.24, 2.45) is 4.99 Å². The molecule has 8 nitrogen and oxygen atoms in total. The molecule has 2 aromatic rings. The molecule has 2 heterocycles. The van der Waals surface area contributed by atoms with Gasteiger partial charge in [-0.15, -0.1) is 24.0 Å². The third-order valence-corrected chi connectivity index (χ3v) is 3.35. The standard InChI is InChI=1S/C16H21N5O3.HI/c1-3-17-16(19-9-15-20-11(2)21-24-15)18-8-12-10-22-13-6-4-5-7-14(13)23-12;/h4-7,12H,3,8-10H2,1-2H3,(H2,17,18,19);1H. The lowest BCUT2D eigenvalue weighted by molar-refractivity contribution is 0.0936. The summed E-state index contributed by atoms with van der Waals surface area (Å²) in [5.41, 5.74) is 0. The van der Waals surface area contributed by atoms with Crippen LogP contribution >= 0.6 is 24.0 Å². The van der Waals surface area contributed by atoms with E-state index in [0.717, 1.165) is 18.0 Å². The SMILES string of the molecule is CCNC(=NCc1nc(C)no1)NCC1COc2ccccc2O1.I. The van der Waals surface area contributed by atoms with Crippen LogP contribution in [0.5, 0.6) is 11.5 Å². The van der Waals surface area contributed by atoms with Crippen LogP contribution in [-0.2, 0) is 6.54 Å². The lowest BCUT2D eigenvalue weighted by Gasteiger charge is -2.27. The largest absolute Gasteiger partial charge is 0.486 e. The Labute approximate surface area is 163 Å². The fourth-order valence-electron chi connectivity index (χ4n) is 2.27. The molecular weight excluding hydrogens is 437 g/mol. The number of ether oxygens (including phenoxy) is 2. The molecule has 136 valence electrons. The van der Waals surface area contributed by atoms with Crippen molar-refractivity contribution in [2.45, 2.75) is 26.5 Å². The van der Waals surface area contributed by atoms with Crippen LogP contribution in [0.15, 0.2) is 33.8 Å². The zero-order valence-corrected chi connectivity index (χ0v) is 16.5. The third-order valence-electron chi connectivity index (χ3n) is 3.35. The van der Waals surface area contributed by atoms with E-state index < -0.39 is 0 Å². The van der Waals surface area contributed by atoms with E-state index in [0.29, 0.717) is 37.4 Å². The highest BCUT2D eigenvalue weighted by molar-refractivity contribution is 14.0. The zero-order valence-electron chi connectivity index (χ0n) is 14.2. The molecule has 0 fully saturated rings. The van der Waals surface area contributed by atoms with Gasteiger partial charge in [0, 0.05) is 6.54 Å². The summed E-state index contributed by atoms with van der Waals surface area (Å²) in [6, 6.07) is 7.65. The van der Waals surface area contributed by atoms with Crippen LogP contribution in [0.4, 0.5) is 0 Å². The minimum absolute atomic E-state index is 0. The minimum Gasteiger partial charge on any atom is -0.486 e. The average molecular weight is 459 g/mol. The highest BCUT2D eigenvalue weighted by Crippen LogP contribution is 2.30. The molecule has 3 rings (SSSR count). The Kier molecular flexibility index (Phi) is 7.29. The number of hydrogen-bond acceptors (Lipinski definition) is 6. The number of aromatic nitrogens is 2. The van der Waals surface area contributed by atoms with E-state index in [-0.39, 0.29) is 30.1 Å². The summed E-state index contributed by atoms with van der Waals surface area (Å²) in [5, 5.41) is 10.2. The van der Waals surface area contributed by atoms with Crippen molar-refractivity contribution in [1.29, 1.82) is 0 Å². The van der Waals surface area contributed by atoms with Crippen LogP contribution in [0.3, 0.4) is 0 Å². The van der Waals surface area contributed by atoms with Gasteiger partial charge in [0.15, 0.2) is 23.3 Å². The molecular formula is C16H22IN5O3. The number of para-hydroxylation sites is 2. The second kappa shape index (κ2) is 9.44. The van der Waals surface area contributed by atoms with Crippen molar-refractivity contribution in [3.63, 3.8) is 0 Å². The van der Waals surface area contributed by atoms with E-state index in [9.17, 15) is 0 Å². The first kappa shape index (κ1) is 19.3. The molecule has 1 aromatic heterocycles. The average Bonchev–Trinajstić information content (AvgIpc) is 3.02. The summed E-state index contributed by atoms with van der Waals surface area (Å²) in [6.07, 6.45) is -0.0885. The first-order valence-corrected chi connectivity index (χ1v) is 7.94. The molecule has 0 saturated carbocycles. The number of rotatable bonds is 5. The quantitative estimate of drug-likeness (QED) is 0.401. The van der Waals surface area contributed by atoms with E-state index in [4.69, 9.17) is 14.0 Å². The van der Waals surface area contributed by atoms with E-state index in [1.807, 2.05) is 31.2 Å². The molecule has 0 spiro atoms. The molecule has 0 amide bonds. The third kappa shape index (κ3) is 5.48. The highest BCUT2D eigenvalue weighted by Gasteiger charge is 2.20. The predicted octanol–water partition coefficient (Wildman–Crippen LogP) is 1.89. The number of aryl methyl sites for hydroxylation is 1. The number of nitrogens with zero attached hydrogens (tertiary/aromatic N) is 3. The number of guanidine groups is 1. The molecule has 1 aliphatic rings. The Morgan fingerprint density at radius 3 is 2.80 bits per heavy atom. The summed E-state index contributed by atoms with van der Waals surface area (Å²) in [4.78, 5) is 8.56. The van der Waals surface area contributed by atoms with Gasteiger partial charge < -0.3 is 24.6 Å². The van der Waals surface area contributed by atoms with Crippen LogP contribution in [0.2, 0.25) is 0 Å².